The Balaban J connectivity index is 1.94. The quantitative estimate of drug-likeness (QED) is 0.787. The van der Waals surface area contributed by atoms with Gasteiger partial charge < -0.3 is 0 Å². The van der Waals surface area contributed by atoms with Crippen LogP contribution < -0.4 is 0 Å². The van der Waals surface area contributed by atoms with Gasteiger partial charge in [0.2, 0.25) is 0 Å². The fraction of sp³-hybridized carbons (Fsp3) is 0.286. The van der Waals surface area contributed by atoms with Crippen molar-refractivity contribution < 1.29 is 4.79 Å². The van der Waals surface area contributed by atoms with E-state index in [-0.39, 0.29) is 6.04 Å². The number of likely N-dealkylation sites (N-methyl/N-ethyl adjacent to an activating group) is 1. The molecule has 5 rings (SSSR count). The van der Waals surface area contributed by atoms with E-state index in [1.807, 2.05) is 12.1 Å². The van der Waals surface area contributed by atoms with Crippen molar-refractivity contribution in [2.24, 2.45) is 5.92 Å². The standard InChI is InChI=1S/C21H21NO/c1-22-14-17-12-13-18(22)21(23)20(17)19(15-8-4-2-5-9-15)16-10-6-3-7-11-16/h2-11,17-18H,12-14H2,1H3. The maximum Gasteiger partial charge on any atom is 0.176 e. The van der Waals surface area contributed by atoms with E-state index in [4.69, 9.17) is 0 Å². The molecule has 2 aromatic rings. The Morgan fingerprint density at radius 1 is 0.913 bits per heavy atom. The first kappa shape index (κ1) is 14.4. The highest BCUT2D eigenvalue weighted by atomic mass is 16.1. The molecule has 2 unspecified atom stereocenters. The van der Waals surface area contributed by atoms with E-state index in [0.717, 1.165) is 41.7 Å². The van der Waals surface area contributed by atoms with Gasteiger partial charge >= 0.3 is 0 Å². The molecule has 0 N–H and O–H groups in total. The van der Waals surface area contributed by atoms with Crippen LogP contribution in [0.4, 0.5) is 0 Å². The maximum absolute atomic E-state index is 13.1. The van der Waals surface area contributed by atoms with Gasteiger partial charge in [0.1, 0.15) is 0 Å². The molecule has 23 heavy (non-hydrogen) atoms. The van der Waals surface area contributed by atoms with Crippen LogP contribution in [0.25, 0.3) is 5.57 Å². The molecule has 1 aliphatic carbocycles. The van der Waals surface area contributed by atoms with Crippen molar-refractivity contribution in [1.82, 2.24) is 4.90 Å². The monoisotopic (exact) mass is 303 g/mol. The zero-order valence-electron chi connectivity index (χ0n) is 13.4. The van der Waals surface area contributed by atoms with Gasteiger partial charge in [0.05, 0.1) is 6.04 Å². The smallest absolute Gasteiger partial charge is 0.176 e. The SMILES string of the molecule is CN1CC2CCC1C(=O)C2=C(c1ccccc1)c1ccccc1. The van der Waals surface area contributed by atoms with Gasteiger partial charge in [-0.05, 0) is 36.6 Å². The zero-order chi connectivity index (χ0) is 15.8. The number of benzene rings is 2. The predicted molar refractivity (Wildman–Crippen MR) is 93.1 cm³/mol. The number of hydrogen-bond donors (Lipinski definition) is 0. The molecule has 2 saturated heterocycles. The van der Waals surface area contributed by atoms with Gasteiger partial charge in [0.25, 0.3) is 0 Å². The van der Waals surface area contributed by atoms with Crippen LogP contribution in [0.1, 0.15) is 24.0 Å². The Kier molecular flexibility index (Phi) is 3.62. The van der Waals surface area contributed by atoms with Crippen LogP contribution in [0.2, 0.25) is 0 Å². The summed E-state index contributed by atoms with van der Waals surface area (Å²) in [6, 6.07) is 20.8. The molecule has 3 aliphatic rings. The molecule has 1 saturated carbocycles. The number of carbonyl (C=O) groups is 1. The van der Waals surface area contributed by atoms with Gasteiger partial charge in [-0.3, -0.25) is 9.69 Å². The van der Waals surface area contributed by atoms with Gasteiger partial charge in [0.15, 0.2) is 5.78 Å². The fourth-order valence-corrected chi connectivity index (χ4v) is 4.11. The highest BCUT2D eigenvalue weighted by molar-refractivity contribution is 6.10. The first-order chi connectivity index (χ1) is 11.3. The minimum Gasteiger partial charge on any atom is -0.296 e. The lowest BCUT2D eigenvalue weighted by Gasteiger charge is -2.44. The van der Waals surface area contributed by atoms with Crippen LogP contribution in [0, 0.1) is 5.92 Å². The van der Waals surface area contributed by atoms with Crippen LogP contribution in [-0.2, 0) is 4.79 Å². The Morgan fingerprint density at radius 3 is 1.96 bits per heavy atom. The van der Waals surface area contributed by atoms with E-state index in [0.29, 0.717) is 11.7 Å². The molecule has 2 nitrogen and oxygen atoms in total. The minimum atomic E-state index is 0.0671. The summed E-state index contributed by atoms with van der Waals surface area (Å²) in [5, 5.41) is 0. The molecule has 2 bridgehead atoms. The number of rotatable bonds is 2. The predicted octanol–water partition coefficient (Wildman–Crippen LogP) is 3.78. The number of carbonyl (C=O) groups excluding carboxylic acids is 1. The third-order valence-corrected chi connectivity index (χ3v) is 5.20. The number of hydrogen-bond acceptors (Lipinski definition) is 2. The van der Waals surface area contributed by atoms with Crippen molar-refractivity contribution in [2.45, 2.75) is 18.9 Å². The summed E-state index contributed by atoms with van der Waals surface area (Å²) in [7, 11) is 2.08. The summed E-state index contributed by atoms with van der Waals surface area (Å²) >= 11 is 0. The third-order valence-electron chi connectivity index (χ3n) is 5.20. The molecular formula is C21H21NO. The molecule has 116 valence electrons. The maximum atomic E-state index is 13.1. The van der Waals surface area contributed by atoms with Crippen LogP contribution in [0.5, 0.6) is 0 Å². The first-order valence-corrected chi connectivity index (χ1v) is 8.35. The van der Waals surface area contributed by atoms with Crippen LogP contribution >= 0.6 is 0 Å². The van der Waals surface area contributed by atoms with E-state index < -0.39 is 0 Å². The van der Waals surface area contributed by atoms with E-state index in [1.165, 1.54) is 0 Å². The van der Waals surface area contributed by atoms with Gasteiger partial charge in [-0.2, -0.15) is 0 Å². The van der Waals surface area contributed by atoms with Crippen LogP contribution in [-0.4, -0.2) is 30.3 Å². The van der Waals surface area contributed by atoms with Gasteiger partial charge in [-0.15, -0.1) is 0 Å². The summed E-state index contributed by atoms with van der Waals surface area (Å²) in [5.41, 5.74) is 4.49. The van der Waals surface area contributed by atoms with Crippen LogP contribution in [0.15, 0.2) is 66.2 Å². The second kappa shape index (κ2) is 5.78. The largest absolute Gasteiger partial charge is 0.296 e. The topological polar surface area (TPSA) is 20.3 Å². The van der Waals surface area contributed by atoms with Crippen LogP contribution in [0.3, 0.4) is 0 Å². The molecular weight excluding hydrogens is 282 g/mol. The normalized spacial score (nSPS) is 24.0. The Bertz CT molecular complexity index is 706. The average Bonchev–Trinajstić information content (AvgIpc) is 2.59. The lowest BCUT2D eigenvalue weighted by molar-refractivity contribution is -0.125. The van der Waals surface area contributed by atoms with Crippen molar-refractivity contribution in [3.8, 4) is 0 Å². The molecule has 0 radical (unpaired) electrons. The van der Waals surface area contributed by atoms with Gasteiger partial charge in [0, 0.05) is 18.0 Å². The molecule has 2 aromatic carbocycles. The first-order valence-electron chi connectivity index (χ1n) is 8.35. The zero-order valence-corrected chi connectivity index (χ0v) is 13.4. The highest BCUT2D eigenvalue weighted by Crippen LogP contribution is 2.41. The van der Waals surface area contributed by atoms with E-state index in [2.05, 4.69) is 60.5 Å². The molecule has 0 amide bonds. The number of fused-ring (bicyclic) bond motifs is 3. The van der Waals surface area contributed by atoms with Gasteiger partial charge in [-0.1, -0.05) is 60.7 Å². The summed E-state index contributed by atoms with van der Waals surface area (Å²) in [5.74, 6) is 0.686. The van der Waals surface area contributed by atoms with Crippen molar-refractivity contribution in [3.63, 3.8) is 0 Å². The highest BCUT2D eigenvalue weighted by Gasteiger charge is 2.43. The molecule has 2 heteroatoms. The van der Waals surface area contributed by atoms with Crippen molar-refractivity contribution in [1.29, 1.82) is 0 Å². The van der Waals surface area contributed by atoms with Gasteiger partial charge in [-0.25, -0.2) is 0 Å². The van der Waals surface area contributed by atoms with Crippen molar-refractivity contribution in [2.75, 3.05) is 13.6 Å². The molecule has 0 aromatic heterocycles. The number of ketones is 1. The molecule has 2 aliphatic heterocycles. The average molecular weight is 303 g/mol. The molecule has 0 spiro atoms. The van der Waals surface area contributed by atoms with E-state index >= 15 is 0 Å². The minimum absolute atomic E-state index is 0.0671. The van der Waals surface area contributed by atoms with Crippen molar-refractivity contribution >= 4 is 11.4 Å². The fourth-order valence-electron chi connectivity index (χ4n) is 4.11. The molecule has 3 fully saturated rings. The molecule has 2 atom stereocenters. The summed E-state index contributed by atoms with van der Waals surface area (Å²) in [6.07, 6.45) is 2.12. The number of Topliss-reactive ketones (excluding diaryl/α,β-unsaturated/α-hetero) is 1. The number of piperidine rings is 2. The van der Waals surface area contributed by atoms with Crippen molar-refractivity contribution in [3.05, 3.63) is 77.4 Å². The second-order valence-electron chi connectivity index (χ2n) is 6.61. The second-order valence-corrected chi connectivity index (χ2v) is 6.61. The number of nitrogens with zero attached hydrogens (tertiary/aromatic N) is 1. The van der Waals surface area contributed by atoms with E-state index in [1.54, 1.807) is 0 Å². The summed E-state index contributed by atoms with van der Waals surface area (Å²) in [6.45, 7) is 0.995. The lowest BCUT2D eigenvalue weighted by Crippen LogP contribution is -2.53. The van der Waals surface area contributed by atoms with E-state index in [9.17, 15) is 4.79 Å². The Morgan fingerprint density at radius 2 is 1.48 bits per heavy atom. The Hall–Kier alpha value is -2.19. The Labute approximate surface area is 137 Å². The molecule has 2 heterocycles. The third kappa shape index (κ3) is 2.43. The summed E-state index contributed by atoms with van der Waals surface area (Å²) in [4.78, 5) is 15.3. The lowest BCUT2D eigenvalue weighted by atomic mass is 9.71. The summed E-state index contributed by atoms with van der Waals surface area (Å²) < 4.78 is 0.